The quantitative estimate of drug-likeness (QED) is 0.853. The Morgan fingerprint density at radius 2 is 1.75 bits per heavy atom. The first kappa shape index (κ1) is 18.5. The number of carbonyl (C=O) groups is 1. The molecule has 0 aromatic heterocycles. The van der Waals surface area contributed by atoms with Crippen LogP contribution >= 0.6 is 0 Å². The molecule has 0 radical (unpaired) electrons. The Morgan fingerprint density at radius 3 is 2.43 bits per heavy atom. The summed E-state index contributed by atoms with van der Waals surface area (Å²) in [7, 11) is 0. The lowest BCUT2D eigenvalue weighted by molar-refractivity contribution is 0.161. The van der Waals surface area contributed by atoms with E-state index in [0.717, 1.165) is 32.2 Å². The number of para-hydroxylation sites is 1. The predicted molar refractivity (Wildman–Crippen MR) is 110 cm³/mol. The predicted octanol–water partition coefficient (Wildman–Crippen LogP) is 3.91. The number of rotatable bonds is 4. The Bertz CT molecular complexity index is 894. The summed E-state index contributed by atoms with van der Waals surface area (Å²) in [6.07, 6.45) is 3.76. The van der Waals surface area contributed by atoms with Gasteiger partial charge in [-0.25, -0.2) is 4.79 Å². The number of nitrogens with one attached hydrogen (secondary N) is 2. The lowest BCUT2D eigenvalue weighted by atomic mass is 9.69. The van der Waals surface area contributed by atoms with Crippen LogP contribution < -0.4 is 15.5 Å². The molecule has 2 aromatic rings. The van der Waals surface area contributed by atoms with E-state index in [1.807, 2.05) is 18.2 Å². The van der Waals surface area contributed by atoms with Gasteiger partial charge in [0.2, 0.25) is 0 Å². The van der Waals surface area contributed by atoms with Gasteiger partial charge in [0.05, 0.1) is 23.3 Å². The second-order valence-electron chi connectivity index (χ2n) is 7.90. The van der Waals surface area contributed by atoms with Crippen molar-refractivity contribution in [3.05, 3.63) is 65.7 Å². The first-order valence-corrected chi connectivity index (χ1v) is 10.0. The summed E-state index contributed by atoms with van der Waals surface area (Å²) in [6, 6.07) is 20.1. The van der Waals surface area contributed by atoms with Crippen molar-refractivity contribution in [3.63, 3.8) is 0 Å². The number of hydrogen-bond acceptors (Lipinski definition) is 3. The summed E-state index contributed by atoms with van der Waals surface area (Å²) in [4.78, 5) is 14.5. The van der Waals surface area contributed by atoms with E-state index in [0.29, 0.717) is 17.8 Å². The van der Waals surface area contributed by atoms with Crippen molar-refractivity contribution in [1.82, 2.24) is 10.6 Å². The Kier molecular flexibility index (Phi) is 4.82. The van der Waals surface area contributed by atoms with Crippen LogP contribution in [-0.2, 0) is 5.54 Å². The van der Waals surface area contributed by atoms with Crippen LogP contribution in [-0.4, -0.2) is 24.7 Å². The zero-order valence-electron chi connectivity index (χ0n) is 16.2. The largest absolute Gasteiger partial charge is 0.330 e. The molecule has 2 fully saturated rings. The van der Waals surface area contributed by atoms with Crippen LogP contribution in [0.15, 0.2) is 54.6 Å². The molecule has 1 spiro atoms. The molecule has 144 valence electrons. The van der Waals surface area contributed by atoms with Crippen LogP contribution in [0.2, 0.25) is 0 Å². The first-order valence-electron chi connectivity index (χ1n) is 10.0. The third-order valence-corrected chi connectivity index (χ3v) is 6.30. The third kappa shape index (κ3) is 3.14. The number of amides is 2. The zero-order valence-corrected chi connectivity index (χ0v) is 16.2. The summed E-state index contributed by atoms with van der Waals surface area (Å²) in [5.41, 5.74) is 2.29. The van der Waals surface area contributed by atoms with Crippen molar-refractivity contribution < 1.29 is 4.79 Å². The fourth-order valence-corrected chi connectivity index (χ4v) is 4.81. The number of carbonyl (C=O) groups excluding carboxylic acids is 1. The van der Waals surface area contributed by atoms with Gasteiger partial charge in [-0.3, -0.25) is 4.90 Å². The van der Waals surface area contributed by atoms with Crippen LogP contribution in [0.3, 0.4) is 0 Å². The van der Waals surface area contributed by atoms with Gasteiger partial charge in [-0.1, -0.05) is 49.4 Å². The Labute approximate surface area is 166 Å². The highest BCUT2D eigenvalue weighted by Crippen LogP contribution is 2.44. The molecular weight excluding hydrogens is 348 g/mol. The van der Waals surface area contributed by atoms with Gasteiger partial charge in [0.1, 0.15) is 6.07 Å². The molecule has 1 saturated carbocycles. The summed E-state index contributed by atoms with van der Waals surface area (Å²) < 4.78 is 0. The molecule has 0 unspecified atom stereocenters. The lowest BCUT2D eigenvalue weighted by Crippen LogP contribution is -2.54. The van der Waals surface area contributed by atoms with Crippen LogP contribution in [0.5, 0.6) is 0 Å². The van der Waals surface area contributed by atoms with Gasteiger partial charge in [0, 0.05) is 5.54 Å². The molecular formula is C23H26N4O. The van der Waals surface area contributed by atoms with E-state index in [-0.39, 0.29) is 17.1 Å². The van der Waals surface area contributed by atoms with Crippen molar-refractivity contribution in [2.45, 2.75) is 43.7 Å². The number of urea groups is 1. The van der Waals surface area contributed by atoms with Gasteiger partial charge < -0.3 is 10.6 Å². The Morgan fingerprint density at radius 1 is 1.07 bits per heavy atom. The van der Waals surface area contributed by atoms with E-state index < -0.39 is 0 Å². The van der Waals surface area contributed by atoms with Crippen molar-refractivity contribution in [2.75, 3.05) is 18.0 Å². The maximum absolute atomic E-state index is 12.8. The smallest absolute Gasteiger partial charge is 0.322 e. The van der Waals surface area contributed by atoms with E-state index in [4.69, 9.17) is 0 Å². The van der Waals surface area contributed by atoms with Gasteiger partial charge in [-0.2, -0.15) is 5.26 Å². The van der Waals surface area contributed by atoms with Crippen LogP contribution in [0, 0.1) is 11.3 Å². The summed E-state index contributed by atoms with van der Waals surface area (Å²) >= 11 is 0. The maximum atomic E-state index is 12.8. The van der Waals surface area contributed by atoms with E-state index in [1.165, 1.54) is 5.56 Å². The minimum Gasteiger partial charge on any atom is -0.330 e. The highest BCUT2D eigenvalue weighted by molar-refractivity contribution is 5.96. The zero-order chi connectivity index (χ0) is 19.6. The minimum absolute atomic E-state index is 0.0377. The molecule has 1 saturated heterocycles. The molecule has 1 aliphatic carbocycles. The van der Waals surface area contributed by atoms with Crippen molar-refractivity contribution in [1.29, 1.82) is 5.26 Å². The van der Waals surface area contributed by atoms with E-state index in [1.54, 1.807) is 11.0 Å². The second-order valence-corrected chi connectivity index (χ2v) is 7.90. The number of nitriles is 1. The lowest BCUT2D eigenvalue weighted by Gasteiger charge is -2.45. The van der Waals surface area contributed by atoms with E-state index in [9.17, 15) is 10.1 Å². The van der Waals surface area contributed by atoms with Crippen LogP contribution in [0.4, 0.5) is 10.5 Å². The van der Waals surface area contributed by atoms with Gasteiger partial charge in [0.15, 0.2) is 0 Å². The molecule has 2 aromatic carbocycles. The number of anilines is 1. The average molecular weight is 374 g/mol. The topological polar surface area (TPSA) is 68.2 Å². The number of benzene rings is 2. The van der Waals surface area contributed by atoms with Crippen molar-refractivity contribution in [2.24, 2.45) is 0 Å². The van der Waals surface area contributed by atoms with Gasteiger partial charge in [0.25, 0.3) is 0 Å². The Balaban J connectivity index is 1.56. The highest BCUT2D eigenvalue weighted by Gasteiger charge is 2.49. The molecule has 5 heteroatoms. The summed E-state index contributed by atoms with van der Waals surface area (Å²) in [5, 5.41) is 16.4. The van der Waals surface area contributed by atoms with Crippen molar-refractivity contribution >= 4 is 11.7 Å². The number of hydrogen-bond donors (Lipinski definition) is 2. The molecule has 0 atom stereocenters. The SMILES string of the molecule is CCNC1(c2ccccc2)CCC2(CC1)CN(c1ccccc1C#N)C(=O)N2. The molecule has 28 heavy (non-hydrogen) atoms. The standard InChI is InChI=1S/C23H26N4O/c1-2-25-23(19-9-4-3-5-10-19)14-12-22(13-15-23)17-27(21(28)26-22)20-11-7-6-8-18(20)16-24/h3-11,25H,2,12-15,17H2,1H3,(H,26,28). The van der Waals surface area contributed by atoms with E-state index in [2.05, 4.69) is 54.0 Å². The van der Waals surface area contributed by atoms with Crippen LogP contribution in [0.25, 0.3) is 0 Å². The summed E-state index contributed by atoms with van der Waals surface area (Å²) in [6.45, 7) is 3.67. The monoisotopic (exact) mass is 374 g/mol. The first-order chi connectivity index (χ1) is 13.6. The van der Waals surface area contributed by atoms with E-state index >= 15 is 0 Å². The summed E-state index contributed by atoms with van der Waals surface area (Å²) in [5.74, 6) is 0. The third-order valence-electron chi connectivity index (χ3n) is 6.30. The molecule has 2 N–H and O–H groups in total. The highest BCUT2D eigenvalue weighted by atomic mass is 16.2. The molecule has 2 amide bonds. The molecule has 0 bridgehead atoms. The van der Waals surface area contributed by atoms with Gasteiger partial charge >= 0.3 is 6.03 Å². The minimum atomic E-state index is -0.229. The average Bonchev–Trinajstić information content (AvgIpc) is 3.06. The normalized spacial score (nSPS) is 26.9. The number of nitrogens with zero attached hydrogens (tertiary/aromatic N) is 2. The molecule has 4 rings (SSSR count). The van der Waals surface area contributed by atoms with Gasteiger partial charge in [-0.05, 0) is 49.9 Å². The Hall–Kier alpha value is -2.84. The fourth-order valence-electron chi connectivity index (χ4n) is 4.81. The second kappa shape index (κ2) is 7.29. The molecule has 2 aliphatic rings. The molecule has 1 heterocycles. The fraction of sp³-hybridized carbons (Fsp3) is 0.391. The molecule has 5 nitrogen and oxygen atoms in total. The van der Waals surface area contributed by atoms with Gasteiger partial charge in [-0.15, -0.1) is 0 Å². The molecule has 1 aliphatic heterocycles. The van der Waals surface area contributed by atoms with Crippen LogP contribution in [0.1, 0.15) is 43.7 Å². The maximum Gasteiger partial charge on any atom is 0.322 e. The van der Waals surface area contributed by atoms with Crippen molar-refractivity contribution in [3.8, 4) is 6.07 Å².